The largest absolute Gasteiger partial charge is 0.370 e. The fourth-order valence-electron chi connectivity index (χ4n) is 3.41. The lowest BCUT2D eigenvalue weighted by atomic mass is 9.96. The fraction of sp³-hybridized carbons (Fsp3) is 0.667. The van der Waals surface area contributed by atoms with Gasteiger partial charge in [-0.25, -0.2) is 0 Å². The van der Waals surface area contributed by atoms with Crippen molar-refractivity contribution in [2.75, 3.05) is 18.0 Å². The number of halogens is 1. The summed E-state index contributed by atoms with van der Waals surface area (Å²) in [6.45, 7) is 6.59. The molecule has 0 radical (unpaired) electrons. The summed E-state index contributed by atoms with van der Waals surface area (Å²) in [5.41, 5.74) is 8.30. The summed E-state index contributed by atoms with van der Waals surface area (Å²) in [5, 5.41) is 0.877. The molecule has 2 rings (SSSR count). The highest BCUT2D eigenvalue weighted by Crippen LogP contribution is 2.31. The van der Waals surface area contributed by atoms with Crippen molar-refractivity contribution in [3.05, 3.63) is 28.8 Å². The molecule has 0 spiro atoms. The molecule has 2 atom stereocenters. The minimum atomic E-state index is 0.180. The second-order valence-electron chi connectivity index (χ2n) is 6.54. The van der Waals surface area contributed by atoms with Gasteiger partial charge >= 0.3 is 0 Å². The molecule has 1 aromatic rings. The Balaban J connectivity index is 2.04. The number of nitrogens with zero attached hydrogens (tertiary/aromatic N) is 1. The van der Waals surface area contributed by atoms with Crippen LogP contribution in [0.4, 0.5) is 5.69 Å². The van der Waals surface area contributed by atoms with Gasteiger partial charge in [-0.05, 0) is 56.2 Å². The van der Waals surface area contributed by atoms with Crippen LogP contribution in [0.2, 0.25) is 5.02 Å². The van der Waals surface area contributed by atoms with Gasteiger partial charge in [0.1, 0.15) is 0 Å². The van der Waals surface area contributed by atoms with E-state index in [-0.39, 0.29) is 6.04 Å². The van der Waals surface area contributed by atoms with E-state index in [2.05, 4.69) is 30.0 Å². The lowest BCUT2D eigenvalue weighted by Gasteiger charge is -2.24. The third-order valence-corrected chi connectivity index (χ3v) is 4.76. The Morgan fingerprint density at radius 3 is 2.81 bits per heavy atom. The van der Waals surface area contributed by atoms with E-state index in [1.807, 2.05) is 6.92 Å². The van der Waals surface area contributed by atoms with Crippen molar-refractivity contribution in [1.82, 2.24) is 0 Å². The number of nitrogens with two attached hydrogens (primary N) is 1. The number of hydrogen-bond donors (Lipinski definition) is 1. The third-order valence-electron chi connectivity index (χ3n) is 4.46. The summed E-state index contributed by atoms with van der Waals surface area (Å²) in [7, 11) is 0. The van der Waals surface area contributed by atoms with Gasteiger partial charge in [0.05, 0.1) is 10.7 Å². The molecule has 1 heterocycles. The Hall–Kier alpha value is -0.730. The van der Waals surface area contributed by atoms with E-state index in [1.165, 1.54) is 43.4 Å². The van der Waals surface area contributed by atoms with Gasteiger partial charge < -0.3 is 10.6 Å². The Morgan fingerprint density at radius 2 is 2.14 bits per heavy atom. The summed E-state index contributed by atoms with van der Waals surface area (Å²) in [6, 6.07) is 6.63. The molecule has 3 heteroatoms. The molecule has 1 fully saturated rings. The van der Waals surface area contributed by atoms with E-state index >= 15 is 0 Å². The molecular formula is C18H29ClN2. The SMILES string of the molecule is CCCC1CCCN(c2ccc(CC(C)N)cc2Cl)CC1. The molecule has 21 heavy (non-hydrogen) atoms. The lowest BCUT2D eigenvalue weighted by Crippen LogP contribution is -2.24. The van der Waals surface area contributed by atoms with Crippen LogP contribution in [0.25, 0.3) is 0 Å². The Labute approximate surface area is 134 Å². The minimum absolute atomic E-state index is 0.180. The maximum Gasteiger partial charge on any atom is 0.0642 e. The van der Waals surface area contributed by atoms with Gasteiger partial charge in [0, 0.05) is 19.1 Å². The second-order valence-corrected chi connectivity index (χ2v) is 6.95. The van der Waals surface area contributed by atoms with Gasteiger partial charge in [-0.15, -0.1) is 0 Å². The van der Waals surface area contributed by atoms with E-state index in [4.69, 9.17) is 17.3 Å². The number of benzene rings is 1. The van der Waals surface area contributed by atoms with E-state index in [0.29, 0.717) is 0 Å². The van der Waals surface area contributed by atoms with Crippen molar-refractivity contribution in [1.29, 1.82) is 0 Å². The van der Waals surface area contributed by atoms with Crippen molar-refractivity contribution < 1.29 is 0 Å². The van der Waals surface area contributed by atoms with E-state index in [1.54, 1.807) is 0 Å². The van der Waals surface area contributed by atoms with Crippen LogP contribution in [0.15, 0.2) is 18.2 Å². The van der Waals surface area contributed by atoms with E-state index < -0.39 is 0 Å². The molecule has 2 nitrogen and oxygen atoms in total. The van der Waals surface area contributed by atoms with Crippen LogP contribution in [0.5, 0.6) is 0 Å². The summed E-state index contributed by atoms with van der Waals surface area (Å²) in [5.74, 6) is 0.899. The highest BCUT2D eigenvalue weighted by molar-refractivity contribution is 6.33. The van der Waals surface area contributed by atoms with Crippen molar-refractivity contribution in [3.63, 3.8) is 0 Å². The quantitative estimate of drug-likeness (QED) is 0.859. The van der Waals surface area contributed by atoms with Gasteiger partial charge in [-0.1, -0.05) is 37.4 Å². The minimum Gasteiger partial charge on any atom is -0.370 e. The van der Waals surface area contributed by atoms with Gasteiger partial charge in [0.15, 0.2) is 0 Å². The molecule has 2 N–H and O–H groups in total. The summed E-state index contributed by atoms with van der Waals surface area (Å²) in [6.07, 6.45) is 7.50. The monoisotopic (exact) mass is 308 g/mol. The van der Waals surface area contributed by atoms with Crippen molar-refractivity contribution in [2.24, 2.45) is 11.7 Å². The van der Waals surface area contributed by atoms with Gasteiger partial charge in [-0.3, -0.25) is 0 Å². The Kier molecular flexibility index (Phi) is 6.38. The van der Waals surface area contributed by atoms with Crippen LogP contribution in [-0.2, 0) is 6.42 Å². The number of rotatable bonds is 5. The predicted molar refractivity (Wildman–Crippen MR) is 93.3 cm³/mol. The standard InChI is InChI=1S/C18H29ClN2/c1-3-5-15-6-4-10-21(11-9-15)18-8-7-16(12-14(2)20)13-17(18)19/h7-8,13-15H,3-6,9-12,20H2,1-2H3. The summed E-state index contributed by atoms with van der Waals surface area (Å²) < 4.78 is 0. The Bertz CT molecular complexity index is 445. The molecule has 0 aromatic heterocycles. The molecule has 1 saturated heterocycles. The van der Waals surface area contributed by atoms with Crippen molar-refractivity contribution in [2.45, 2.75) is 58.4 Å². The maximum absolute atomic E-state index is 6.51. The molecule has 0 saturated carbocycles. The predicted octanol–water partition coefficient (Wildman–Crippen LogP) is 4.64. The highest BCUT2D eigenvalue weighted by Gasteiger charge is 2.18. The zero-order chi connectivity index (χ0) is 15.2. The molecule has 0 bridgehead atoms. The van der Waals surface area contributed by atoms with Gasteiger partial charge in [0.25, 0.3) is 0 Å². The molecule has 0 amide bonds. The average Bonchev–Trinajstić information content (AvgIpc) is 2.64. The van der Waals surface area contributed by atoms with Gasteiger partial charge in [0.2, 0.25) is 0 Å². The number of hydrogen-bond acceptors (Lipinski definition) is 2. The van der Waals surface area contributed by atoms with Crippen molar-refractivity contribution >= 4 is 17.3 Å². The normalized spacial score (nSPS) is 21.1. The first-order chi connectivity index (χ1) is 10.1. The van der Waals surface area contributed by atoms with Gasteiger partial charge in [-0.2, -0.15) is 0 Å². The molecule has 1 aliphatic rings. The first-order valence-electron chi connectivity index (χ1n) is 8.39. The molecule has 0 aliphatic carbocycles. The van der Waals surface area contributed by atoms with Crippen LogP contribution in [0.1, 0.15) is 51.5 Å². The Morgan fingerprint density at radius 1 is 1.33 bits per heavy atom. The smallest absolute Gasteiger partial charge is 0.0642 e. The maximum atomic E-state index is 6.51. The fourth-order valence-corrected chi connectivity index (χ4v) is 3.73. The molecule has 118 valence electrons. The zero-order valence-corrected chi connectivity index (χ0v) is 14.2. The summed E-state index contributed by atoms with van der Waals surface area (Å²) in [4.78, 5) is 2.47. The topological polar surface area (TPSA) is 29.3 Å². The van der Waals surface area contributed by atoms with Crippen LogP contribution < -0.4 is 10.6 Å². The lowest BCUT2D eigenvalue weighted by molar-refractivity contribution is 0.435. The summed E-state index contributed by atoms with van der Waals surface area (Å²) >= 11 is 6.51. The average molecular weight is 309 g/mol. The zero-order valence-electron chi connectivity index (χ0n) is 13.4. The van der Waals surface area contributed by atoms with Crippen molar-refractivity contribution in [3.8, 4) is 0 Å². The third kappa shape index (κ3) is 4.89. The van der Waals surface area contributed by atoms with Crippen LogP contribution >= 0.6 is 11.6 Å². The van der Waals surface area contributed by atoms with E-state index in [0.717, 1.165) is 30.5 Å². The molecule has 1 aromatic carbocycles. The van der Waals surface area contributed by atoms with Crippen LogP contribution in [0.3, 0.4) is 0 Å². The molecule has 1 aliphatic heterocycles. The first kappa shape index (κ1) is 16.6. The molecular weight excluding hydrogens is 280 g/mol. The highest BCUT2D eigenvalue weighted by atomic mass is 35.5. The number of anilines is 1. The first-order valence-corrected chi connectivity index (χ1v) is 8.77. The van der Waals surface area contributed by atoms with Crippen LogP contribution in [0, 0.1) is 5.92 Å². The molecule has 2 unspecified atom stereocenters. The second kappa shape index (κ2) is 8.05. The van der Waals surface area contributed by atoms with Crippen LogP contribution in [-0.4, -0.2) is 19.1 Å². The van der Waals surface area contributed by atoms with E-state index in [9.17, 15) is 0 Å².